The van der Waals surface area contributed by atoms with Crippen LogP contribution in [0.4, 0.5) is 19.1 Å². The van der Waals surface area contributed by atoms with Gasteiger partial charge in [0.05, 0.1) is 19.8 Å². The second kappa shape index (κ2) is 8.33. The minimum atomic E-state index is -4.66. The molecule has 3 heterocycles. The number of alkyl halides is 3. The molecule has 0 saturated carbocycles. The SMILES string of the molecule is COSc1ccc2cc3n(c2c1)CCN(c1ncc(CO)c(C(F)(F)F)n1)C3C(C)C. The van der Waals surface area contributed by atoms with Gasteiger partial charge >= 0.3 is 6.18 Å². The summed E-state index contributed by atoms with van der Waals surface area (Å²) in [5.74, 6) is 0.127. The molecule has 10 heteroatoms. The van der Waals surface area contributed by atoms with Crippen LogP contribution in [-0.2, 0) is 23.5 Å². The van der Waals surface area contributed by atoms with E-state index in [1.807, 2.05) is 30.9 Å². The van der Waals surface area contributed by atoms with Gasteiger partial charge < -0.3 is 18.8 Å². The lowest BCUT2D eigenvalue weighted by Gasteiger charge is -2.39. The summed E-state index contributed by atoms with van der Waals surface area (Å²) in [6, 6.07) is 7.96. The number of anilines is 1. The molecule has 1 atom stereocenters. The van der Waals surface area contributed by atoms with Crippen LogP contribution in [0.3, 0.4) is 0 Å². The summed E-state index contributed by atoms with van der Waals surface area (Å²) >= 11 is 1.29. The lowest BCUT2D eigenvalue weighted by atomic mass is 9.97. The summed E-state index contributed by atoms with van der Waals surface area (Å²) in [7, 11) is 1.62. The van der Waals surface area contributed by atoms with E-state index in [2.05, 4.69) is 26.7 Å². The number of rotatable bonds is 5. The molecule has 3 aromatic rings. The number of halogens is 3. The third-order valence-corrected chi connectivity index (χ3v) is 6.08. The largest absolute Gasteiger partial charge is 0.433 e. The Morgan fingerprint density at radius 1 is 1.26 bits per heavy atom. The Morgan fingerprint density at radius 3 is 2.68 bits per heavy atom. The highest BCUT2D eigenvalue weighted by atomic mass is 32.2. The lowest BCUT2D eigenvalue weighted by molar-refractivity contribution is -0.142. The maximum Gasteiger partial charge on any atom is 0.433 e. The van der Waals surface area contributed by atoms with Crippen molar-refractivity contribution in [3.05, 3.63) is 47.4 Å². The van der Waals surface area contributed by atoms with Crippen molar-refractivity contribution in [2.75, 3.05) is 18.6 Å². The van der Waals surface area contributed by atoms with Gasteiger partial charge in [0.15, 0.2) is 5.69 Å². The van der Waals surface area contributed by atoms with Crippen molar-refractivity contribution >= 4 is 28.9 Å². The molecule has 6 nitrogen and oxygen atoms in total. The second-order valence-corrected chi connectivity index (χ2v) is 8.74. The lowest BCUT2D eigenvalue weighted by Crippen LogP contribution is -2.41. The number of aromatic nitrogens is 3. The van der Waals surface area contributed by atoms with Crippen molar-refractivity contribution in [2.24, 2.45) is 5.92 Å². The van der Waals surface area contributed by atoms with Crippen LogP contribution in [0.25, 0.3) is 10.9 Å². The normalized spacial score (nSPS) is 16.9. The molecule has 2 aromatic heterocycles. The highest BCUT2D eigenvalue weighted by Crippen LogP contribution is 2.40. The first kappa shape index (κ1) is 21.9. The summed E-state index contributed by atoms with van der Waals surface area (Å²) in [4.78, 5) is 10.8. The summed E-state index contributed by atoms with van der Waals surface area (Å²) in [5, 5.41) is 10.4. The molecule has 1 N–H and O–H groups in total. The van der Waals surface area contributed by atoms with Gasteiger partial charge in [-0.1, -0.05) is 19.9 Å². The number of benzene rings is 1. The Morgan fingerprint density at radius 2 is 2.03 bits per heavy atom. The van der Waals surface area contributed by atoms with E-state index < -0.39 is 18.5 Å². The molecule has 0 spiro atoms. The molecule has 0 aliphatic carbocycles. The van der Waals surface area contributed by atoms with Crippen LogP contribution in [0.1, 0.15) is 36.8 Å². The molecule has 0 saturated heterocycles. The molecule has 1 aromatic carbocycles. The standard InChI is InChI=1S/C21H23F3N4O2S/c1-12(2)18-17-8-13-4-5-15(31-30-3)9-16(13)27(17)6-7-28(18)20-25-10-14(11-29)19(26-20)21(22,23)24/h4-5,8-10,12,18,29H,6-7,11H2,1-3H3. The first-order valence-electron chi connectivity index (χ1n) is 9.89. The maximum atomic E-state index is 13.5. The van der Waals surface area contributed by atoms with Crippen LogP contribution in [0.5, 0.6) is 0 Å². The van der Waals surface area contributed by atoms with Gasteiger partial charge in [-0.25, -0.2) is 9.97 Å². The zero-order valence-electron chi connectivity index (χ0n) is 17.3. The van der Waals surface area contributed by atoms with E-state index >= 15 is 0 Å². The summed E-state index contributed by atoms with van der Waals surface area (Å²) in [5.41, 5.74) is 0.663. The second-order valence-electron chi connectivity index (χ2n) is 7.77. The van der Waals surface area contributed by atoms with Crippen molar-refractivity contribution < 1.29 is 22.5 Å². The molecular weight excluding hydrogens is 429 g/mol. The fraction of sp³-hybridized carbons (Fsp3) is 0.429. The van der Waals surface area contributed by atoms with Crippen LogP contribution in [-0.4, -0.2) is 33.3 Å². The van der Waals surface area contributed by atoms with Gasteiger partial charge in [0.1, 0.15) is 0 Å². The van der Waals surface area contributed by atoms with Gasteiger partial charge in [-0.2, -0.15) is 13.2 Å². The molecule has 1 aliphatic rings. The van der Waals surface area contributed by atoms with Crippen LogP contribution in [0, 0.1) is 5.92 Å². The predicted molar refractivity (Wildman–Crippen MR) is 113 cm³/mol. The zero-order valence-corrected chi connectivity index (χ0v) is 18.2. The van der Waals surface area contributed by atoms with Crippen molar-refractivity contribution in [3.8, 4) is 0 Å². The van der Waals surface area contributed by atoms with Gasteiger partial charge in [-0.3, -0.25) is 0 Å². The van der Waals surface area contributed by atoms with E-state index in [-0.39, 0.29) is 23.5 Å². The number of aliphatic hydroxyl groups excluding tert-OH is 1. The molecule has 1 unspecified atom stereocenters. The van der Waals surface area contributed by atoms with E-state index in [0.717, 1.165) is 27.7 Å². The molecule has 0 bridgehead atoms. The van der Waals surface area contributed by atoms with Gasteiger partial charge in [-0.15, -0.1) is 0 Å². The highest BCUT2D eigenvalue weighted by molar-refractivity contribution is 7.94. The first-order chi connectivity index (χ1) is 14.7. The Bertz CT molecular complexity index is 1100. The van der Waals surface area contributed by atoms with E-state index in [4.69, 9.17) is 4.18 Å². The summed E-state index contributed by atoms with van der Waals surface area (Å²) in [6.07, 6.45) is -3.59. The van der Waals surface area contributed by atoms with Gasteiger partial charge in [0.2, 0.25) is 5.95 Å². The number of nitrogens with zero attached hydrogens (tertiary/aromatic N) is 4. The van der Waals surface area contributed by atoms with Crippen molar-refractivity contribution in [1.29, 1.82) is 0 Å². The number of fused-ring (bicyclic) bond motifs is 3. The van der Waals surface area contributed by atoms with Crippen molar-refractivity contribution in [2.45, 2.75) is 44.1 Å². The van der Waals surface area contributed by atoms with E-state index in [9.17, 15) is 18.3 Å². The van der Waals surface area contributed by atoms with Gasteiger partial charge in [-0.05, 0) is 24.1 Å². The Balaban J connectivity index is 1.80. The smallest absolute Gasteiger partial charge is 0.392 e. The topological polar surface area (TPSA) is 63.4 Å². The number of hydrogen-bond donors (Lipinski definition) is 1. The van der Waals surface area contributed by atoms with E-state index in [1.165, 1.54) is 12.0 Å². The Labute approximate surface area is 182 Å². The molecular formula is C21H23F3N4O2S. The highest BCUT2D eigenvalue weighted by Gasteiger charge is 2.38. The van der Waals surface area contributed by atoms with Crippen LogP contribution in [0.15, 0.2) is 35.4 Å². The molecule has 0 amide bonds. The quantitative estimate of drug-likeness (QED) is 0.561. The molecule has 31 heavy (non-hydrogen) atoms. The van der Waals surface area contributed by atoms with Crippen molar-refractivity contribution in [1.82, 2.24) is 14.5 Å². The summed E-state index contributed by atoms with van der Waals surface area (Å²) < 4.78 is 47.8. The third-order valence-electron chi connectivity index (χ3n) is 5.47. The van der Waals surface area contributed by atoms with E-state index in [0.29, 0.717) is 13.1 Å². The first-order valence-corrected chi connectivity index (χ1v) is 10.6. The molecule has 4 rings (SSSR count). The van der Waals surface area contributed by atoms with Crippen molar-refractivity contribution in [3.63, 3.8) is 0 Å². The molecule has 0 radical (unpaired) electrons. The molecule has 1 aliphatic heterocycles. The average molecular weight is 453 g/mol. The fourth-order valence-corrected chi connectivity index (χ4v) is 4.70. The van der Waals surface area contributed by atoms with Gasteiger partial charge in [0.25, 0.3) is 0 Å². The Kier molecular flexibility index (Phi) is 5.89. The van der Waals surface area contributed by atoms with Gasteiger partial charge in [0, 0.05) is 58.4 Å². The predicted octanol–water partition coefficient (Wildman–Crippen LogP) is 4.81. The third kappa shape index (κ3) is 3.99. The Hall–Kier alpha value is -2.30. The maximum absolute atomic E-state index is 13.5. The monoisotopic (exact) mass is 452 g/mol. The van der Waals surface area contributed by atoms with Crippen LogP contribution >= 0.6 is 12.0 Å². The number of aliphatic hydroxyl groups is 1. The molecule has 0 fully saturated rings. The zero-order chi connectivity index (χ0) is 22.3. The van der Waals surface area contributed by atoms with E-state index in [1.54, 1.807) is 7.11 Å². The average Bonchev–Trinajstić information content (AvgIpc) is 3.10. The van der Waals surface area contributed by atoms with Crippen LogP contribution in [0.2, 0.25) is 0 Å². The fourth-order valence-electron chi connectivity index (χ4n) is 4.23. The number of hydrogen-bond acceptors (Lipinski definition) is 6. The minimum absolute atomic E-state index is 0.0235. The van der Waals surface area contributed by atoms with Crippen LogP contribution < -0.4 is 4.90 Å². The summed E-state index contributed by atoms with van der Waals surface area (Å²) in [6.45, 7) is 4.36. The molecule has 166 valence electrons. The minimum Gasteiger partial charge on any atom is -0.392 e.